The van der Waals surface area contributed by atoms with Crippen molar-refractivity contribution in [2.75, 3.05) is 0 Å². The van der Waals surface area contributed by atoms with Crippen LogP contribution in [-0.2, 0) is 17.8 Å². The van der Waals surface area contributed by atoms with Gasteiger partial charge in [0.05, 0.1) is 0 Å². The molecule has 0 radical (unpaired) electrons. The number of halogens is 1. The molecule has 0 aromatic heterocycles. The highest BCUT2D eigenvalue weighted by Crippen LogP contribution is 2.27. The van der Waals surface area contributed by atoms with E-state index in [1.54, 1.807) is 6.07 Å². The lowest BCUT2D eigenvalue weighted by Gasteiger charge is -2.12. The third-order valence-electron chi connectivity index (χ3n) is 2.88. The Balaban J connectivity index is 2.19. The molecule has 0 N–H and O–H groups in total. The van der Waals surface area contributed by atoms with Crippen molar-refractivity contribution in [2.24, 2.45) is 0 Å². The van der Waals surface area contributed by atoms with Gasteiger partial charge in [0, 0.05) is 17.0 Å². The smallest absolute Gasteiger partial charge is 0.124 e. The summed E-state index contributed by atoms with van der Waals surface area (Å²) in [6.07, 6.45) is 1.17. The van der Waals surface area contributed by atoms with Crippen molar-refractivity contribution in [1.29, 1.82) is 0 Å². The standard InChI is InChI=1S/C16H15ClO2/c1-12-9-16(14(7-8-18)10-15(12)17)19-11-13-5-3-2-4-6-13/h2-6,8-10H,7,11H2,1H3. The minimum absolute atomic E-state index is 0.310. The lowest BCUT2D eigenvalue weighted by atomic mass is 10.1. The van der Waals surface area contributed by atoms with Crippen LogP contribution in [0.4, 0.5) is 0 Å². The summed E-state index contributed by atoms with van der Waals surface area (Å²) in [5.74, 6) is 0.720. The van der Waals surface area contributed by atoms with Crippen molar-refractivity contribution in [3.05, 3.63) is 64.2 Å². The van der Waals surface area contributed by atoms with Crippen molar-refractivity contribution >= 4 is 17.9 Å². The van der Waals surface area contributed by atoms with Gasteiger partial charge in [0.1, 0.15) is 18.6 Å². The number of carbonyl (C=O) groups excluding carboxylic acids is 1. The number of aryl methyl sites for hydroxylation is 1. The van der Waals surface area contributed by atoms with Crippen molar-refractivity contribution in [1.82, 2.24) is 0 Å². The lowest BCUT2D eigenvalue weighted by molar-refractivity contribution is -0.107. The van der Waals surface area contributed by atoms with E-state index in [-0.39, 0.29) is 0 Å². The molecule has 0 aliphatic heterocycles. The molecule has 0 bridgehead atoms. The second-order valence-electron chi connectivity index (χ2n) is 4.35. The summed E-state index contributed by atoms with van der Waals surface area (Å²) in [7, 11) is 0. The quantitative estimate of drug-likeness (QED) is 0.771. The first-order valence-electron chi connectivity index (χ1n) is 6.10. The van der Waals surface area contributed by atoms with Crippen LogP contribution in [0.3, 0.4) is 0 Å². The van der Waals surface area contributed by atoms with Gasteiger partial charge >= 0.3 is 0 Å². The number of hydrogen-bond donors (Lipinski definition) is 0. The van der Waals surface area contributed by atoms with Gasteiger partial charge in [-0.1, -0.05) is 41.9 Å². The SMILES string of the molecule is Cc1cc(OCc2ccccc2)c(CC=O)cc1Cl. The van der Waals surface area contributed by atoms with Crippen LogP contribution in [0.15, 0.2) is 42.5 Å². The molecule has 0 aliphatic carbocycles. The van der Waals surface area contributed by atoms with Gasteiger partial charge < -0.3 is 9.53 Å². The van der Waals surface area contributed by atoms with Gasteiger partial charge in [0.25, 0.3) is 0 Å². The fourth-order valence-electron chi connectivity index (χ4n) is 1.82. The molecule has 0 unspecified atom stereocenters. The van der Waals surface area contributed by atoms with E-state index >= 15 is 0 Å². The molecule has 0 heterocycles. The number of rotatable bonds is 5. The summed E-state index contributed by atoms with van der Waals surface area (Å²) in [6, 6.07) is 13.6. The summed E-state index contributed by atoms with van der Waals surface area (Å²) >= 11 is 6.07. The van der Waals surface area contributed by atoms with Gasteiger partial charge in [-0.25, -0.2) is 0 Å². The molecule has 3 heteroatoms. The Morgan fingerprint density at radius 3 is 2.63 bits per heavy atom. The summed E-state index contributed by atoms with van der Waals surface area (Å²) < 4.78 is 5.79. The van der Waals surface area contributed by atoms with Crippen LogP contribution in [0.1, 0.15) is 16.7 Å². The molecule has 0 atom stereocenters. The molecule has 0 saturated carbocycles. The first-order chi connectivity index (χ1) is 9.20. The average molecular weight is 275 g/mol. The monoisotopic (exact) mass is 274 g/mol. The topological polar surface area (TPSA) is 26.3 Å². The largest absolute Gasteiger partial charge is 0.489 e. The van der Waals surface area contributed by atoms with Gasteiger partial charge in [0.15, 0.2) is 0 Å². The highest BCUT2D eigenvalue weighted by Gasteiger charge is 2.07. The van der Waals surface area contributed by atoms with Crippen LogP contribution in [0.5, 0.6) is 5.75 Å². The molecule has 0 amide bonds. The Kier molecular flexibility index (Phi) is 4.58. The third kappa shape index (κ3) is 3.58. The van der Waals surface area contributed by atoms with Crippen molar-refractivity contribution < 1.29 is 9.53 Å². The van der Waals surface area contributed by atoms with Gasteiger partial charge in [-0.2, -0.15) is 0 Å². The van der Waals surface area contributed by atoms with Crippen LogP contribution in [0, 0.1) is 6.92 Å². The molecule has 2 rings (SSSR count). The Bertz CT molecular complexity index is 564. The second kappa shape index (κ2) is 6.39. The molecule has 2 aromatic rings. The molecule has 2 aromatic carbocycles. The Morgan fingerprint density at radius 2 is 1.95 bits per heavy atom. The minimum atomic E-state index is 0.310. The zero-order valence-electron chi connectivity index (χ0n) is 10.7. The molecule has 2 nitrogen and oxygen atoms in total. The normalized spacial score (nSPS) is 10.2. The molecular weight excluding hydrogens is 260 g/mol. The predicted molar refractivity (Wildman–Crippen MR) is 76.7 cm³/mol. The number of carbonyl (C=O) groups is 1. The highest BCUT2D eigenvalue weighted by atomic mass is 35.5. The Hall–Kier alpha value is -1.80. The fraction of sp³-hybridized carbons (Fsp3) is 0.188. The number of ether oxygens (including phenoxy) is 1. The second-order valence-corrected chi connectivity index (χ2v) is 4.76. The molecule has 98 valence electrons. The first kappa shape index (κ1) is 13.6. The number of benzene rings is 2. The van der Waals surface area contributed by atoms with E-state index in [1.807, 2.05) is 43.3 Å². The maximum atomic E-state index is 10.7. The highest BCUT2D eigenvalue weighted by molar-refractivity contribution is 6.31. The Morgan fingerprint density at radius 1 is 1.21 bits per heavy atom. The van der Waals surface area contributed by atoms with Gasteiger partial charge in [-0.05, 0) is 30.2 Å². The molecule has 0 aliphatic rings. The van der Waals surface area contributed by atoms with E-state index in [4.69, 9.17) is 16.3 Å². The van der Waals surface area contributed by atoms with Gasteiger partial charge in [-0.15, -0.1) is 0 Å². The molecular formula is C16H15ClO2. The van der Waals surface area contributed by atoms with E-state index in [9.17, 15) is 4.79 Å². The van der Waals surface area contributed by atoms with E-state index in [2.05, 4.69) is 0 Å². The van der Waals surface area contributed by atoms with Crippen molar-refractivity contribution in [3.8, 4) is 5.75 Å². The van der Waals surface area contributed by atoms with Crippen LogP contribution in [0.2, 0.25) is 5.02 Å². The van der Waals surface area contributed by atoms with Crippen LogP contribution >= 0.6 is 11.6 Å². The van der Waals surface area contributed by atoms with E-state index in [0.717, 1.165) is 28.7 Å². The van der Waals surface area contributed by atoms with E-state index in [0.29, 0.717) is 18.1 Å². The maximum Gasteiger partial charge on any atom is 0.124 e. The third-order valence-corrected chi connectivity index (χ3v) is 3.29. The van der Waals surface area contributed by atoms with Crippen molar-refractivity contribution in [2.45, 2.75) is 20.0 Å². The summed E-state index contributed by atoms with van der Waals surface area (Å²) in [6.45, 7) is 2.40. The maximum absolute atomic E-state index is 10.7. The van der Waals surface area contributed by atoms with Gasteiger partial charge in [-0.3, -0.25) is 0 Å². The summed E-state index contributed by atoms with van der Waals surface area (Å²) in [5, 5.41) is 0.656. The van der Waals surface area contributed by atoms with Crippen LogP contribution < -0.4 is 4.74 Å². The van der Waals surface area contributed by atoms with E-state index in [1.165, 1.54) is 0 Å². The fourth-order valence-corrected chi connectivity index (χ4v) is 2.00. The Labute approximate surface area is 118 Å². The van der Waals surface area contributed by atoms with Crippen LogP contribution in [-0.4, -0.2) is 6.29 Å². The number of aldehydes is 1. The lowest BCUT2D eigenvalue weighted by Crippen LogP contribution is -2.00. The van der Waals surface area contributed by atoms with Crippen molar-refractivity contribution in [3.63, 3.8) is 0 Å². The van der Waals surface area contributed by atoms with E-state index < -0.39 is 0 Å². The van der Waals surface area contributed by atoms with Gasteiger partial charge in [0.2, 0.25) is 0 Å². The average Bonchev–Trinajstić information content (AvgIpc) is 2.42. The minimum Gasteiger partial charge on any atom is -0.489 e. The number of hydrogen-bond acceptors (Lipinski definition) is 2. The zero-order chi connectivity index (χ0) is 13.7. The summed E-state index contributed by atoms with van der Waals surface area (Å²) in [5.41, 5.74) is 2.85. The zero-order valence-corrected chi connectivity index (χ0v) is 11.5. The first-order valence-corrected chi connectivity index (χ1v) is 6.48. The predicted octanol–water partition coefficient (Wildman–Crippen LogP) is 3.97. The molecule has 19 heavy (non-hydrogen) atoms. The molecule has 0 spiro atoms. The van der Waals surface area contributed by atoms with Crippen LogP contribution in [0.25, 0.3) is 0 Å². The summed E-state index contributed by atoms with van der Waals surface area (Å²) in [4.78, 5) is 10.7. The molecule has 0 saturated heterocycles. The molecule has 0 fully saturated rings.